The molecule has 0 heterocycles. The van der Waals surface area contributed by atoms with Crippen LogP contribution >= 0.6 is 0 Å². The Hall–Kier alpha value is -2.32. The molecule has 0 radical (unpaired) electrons. The number of carbonyl (C=O) groups is 1. The molecule has 0 bridgehead atoms. The molecule has 8 heteroatoms. The molecule has 0 spiro atoms. The number of ether oxygens (including phenoxy) is 1. The molecule has 2 aromatic carbocycles. The monoisotopic (exact) mass is 435 g/mol. The lowest BCUT2D eigenvalue weighted by atomic mass is 10.2. The summed E-state index contributed by atoms with van der Waals surface area (Å²) >= 11 is 0. The van der Waals surface area contributed by atoms with Gasteiger partial charge in [-0.3, -0.25) is 4.72 Å². The summed E-state index contributed by atoms with van der Waals surface area (Å²) in [6, 6.07) is 11.2. The van der Waals surface area contributed by atoms with Crippen molar-refractivity contribution >= 4 is 30.0 Å². The quantitative estimate of drug-likeness (QED) is 0.512. The second-order valence-electron chi connectivity index (χ2n) is 8.48. The molecule has 0 fully saturated rings. The van der Waals surface area contributed by atoms with Gasteiger partial charge in [0.25, 0.3) is 10.0 Å². The summed E-state index contributed by atoms with van der Waals surface area (Å²) in [5.74, 6) is -0.137. The van der Waals surface area contributed by atoms with Crippen LogP contribution in [0.5, 0.6) is 5.75 Å². The molecular formula is C21H29NO5SSi. The van der Waals surface area contributed by atoms with Gasteiger partial charge in [0.1, 0.15) is 5.75 Å². The zero-order chi connectivity index (χ0) is 22.0. The van der Waals surface area contributed by atoms with Crippen LogP contribution in [0.15, 0.2) is 47.4 Å². The van der Waals surface area contributed by atoms with E-state index in [0.29, 0.717) is 5.75 Å². The van der Waals surface area contributed by atoms with Crippen molar-refractivity contribution in [2.45, 2.75) is 50.7 Å². The van der Waals surface area contributed by atoms with Crippen LogP contribution in [0, 0.1) is 6.92 Å². The first-order chi connectivity index (χ1) is 13.3. The predicted molar refractivity (Wildman–Crippen MR) is 118 cm³/mol. The lowest BCUT2D eigenvalue weighted by Gasteiger charge is -2.36. The van der Waals surface area contributed by atoms with E-state index in [0.717, 1.165) is 5.56 Å². The topological polar surface area (TPSA) is 81.7 Å². The van der Waals surface area contributed by atoms with Crippen molar-refractivity contribution in [3.63, 3.8) is 0 Å². The Morgan fingerprint density at radius 1 is 1.03 bits per heavy atom. The molecule has 0 atom stereocenters. The minimum atomic E-state index is -3.86. The molecule has 0 saturated heterocycles. The third-order valence-corrected chi connectivity index (χ3v) is 10.9. The van der Waals surface area contributed by atoms with E-state index in [2.05, 4.69) is 38.6 Å². The molecule has 0 aliphatic rings. The molecule has 6 nitrogen and oxygen atoms in total. The summed E-state index contributed by atoms with van der Waals surface area (Å²) in [5, 5.41) is -0.0237. The third kappa shape index (κ3) is 5.39. The summed E-state index contributed by atoms with van der Waals surface area (Å²) < 4.78 is 39.0. The molecule has 2 aromatic rings. The number of benzene rings is 2. The van der Waals surface area contributed by atoms with Crippen LogP contribution in [-0.2, 0) is 14.8 Å². The fraction of sp³-hybridized carbons (Fsp3) is 0.381. The standard InChI is InChI=1S/C21H29NO5SSi/c1-15-8-11-17(12-9-15)28(24,25)22-19-13-10-16(14-18(19)20(23)26-5)27-29(6,7)21(2,3)4/h8-14,22H,1-7H3. The normalized spacial score (nSPS) is 12.4. The first kappa shape index (κ1) is 23.0. The highest BCUT2D eigenvalue weighted by molar-refractivity contribution is 7.92. The van der Waals surface area contributed by atoms with Crippen LogP contribution in [0.3, 0.4) is 0 Å². The fourth-order valence-corrected chi connectivity index (χ4v) is 4.43. The largest absolute Gasteiger partial charge is 0.543 e. The van der Waals surface area contributed by atoms with E-state index in [-0.39, 0.29) is 21.2 Å². The number of hydrogen-bond acceptors (Lipinski definition) is 5. The smallest absolute Gasteiger partial charge is 0.340 e. The van der Waals surface area contributed by atoms with Crippen LogP contribution in [0.1, 0.15) is 36.7 Å². The Labute approximate surface area is 174 Å². The molecule has 158 valence electrons. The van der Waals surface area contributed by atoms with E-state index in [1.807, 2.05) is 6.92 Å². The summed E-state index contributed by atoms with van der Waals surface area (Å²) in [4.78, 5) is 12.4. The molecule has 0 saturated carbocycles. The molecule has 0 aromatic heterocycles. The van der Waals surface area contributed by atoms with Gasteiger partial charge in [0.05, 0.1) is 23.3 Å². The van der Waals surface area contributed by atoms with Crippen LogP contribution < -0.4 is 9.15 Å². The van der Waals surface area contributed by atoms with Gasteiger partial charge in [-0.25, -0.2) is 13.2 Å². The lowest BCUT2D eigenvalue weighted by molar-refractivity contribution is 0.0601. The van der Waals surface area contributed by atoms with E-state index in [1.165, 1.54) is 31.4 Å². The zero-order valence-corrected chi connectivity index (χ0v) is 19.8. The van der Waals surface area contributed by atoms with Crippen molar-refractivity contribution in [2.75, 3.05) is 11.8 Å². The maximum absolute atomic E-state index is 12.7. The van der Waals surface area contributed by atoms with E-state index in [9.17, 15) is 13.2 Å². The summed E-state index contributed by atoms with van der Waals surface area (Å²) in [5.41, 5.74) is 1.19. The lowest BCUT2D eigenvalue weighted by Crippen LogP contribution is -2.43. The van der Waals surface area contributed by atoms with E-state index < -0.39 is 24.3 Å². The molecule has 1 N–H and O–H groups in total. The zero-order valence-electron chi connectivity index (χ0n) is 18.0. The molecular weight excluding hydrogens is 406 g/mol. The number of rotatable bonds is 6. The highest BCUT2D eigenvalue weighted by Gasteiger charge is 2.39. The first-order valence-corrected chi connectivity index (χ1v) is 13.7. The van der Waals surface area contributed by atoms with Gasteiger partial charge in [0.2, 0.25) is 8.32 Å². The van der Waals surface area contributed by atoms with Gasteiger partial charge in [0, 0.05) is 0 Å². The first-order valence-electron chi connectivity index (χ1n) is 9.28. The molecule has 29 heavy (non-hydrogen) atoms. The molecule has 2 rings (SSSR count). The van der Waals surface area contributed by atoms with Crippen LogP contribution in [-0.4, -0.2) is 29.8 Å². The highest BCUT2D eigenvalue weighted by Crippen LogP contribution is 2.38. The van der Waals surface area contributed by atoms with Gasteiger partial charge in [-0.15, -0.1) is 0 Å². The maximum Gasteiger partial charge on any atom is 0.340 e. The van der Waals surface area contributed by atoms with Crippen LogP contribution in [0.4, 0.5) is 5.69 Å². The van der Waals surface area contributed by atoms with Crippen LogP contribution in [0.25, 0.3) is 0 Å². The third-order valence-electron chi connectivity index (χ3n) is 5.15. The Bertz CT molecular complexity index is 993. The number of carbonyl (C=O) groups excluding carboxylic acids is 1. The number of anilines is 1. The van der Waals surface area contributed by atoms with Crippen molar-refractivity contribution in [2.24, 2.45) is 0 Å². The second kappa shape index (κ2) is 8.20. The Balaban J connectivity index is 2.42. The van der Waals surface area contributed by atoms with Crippen molar-refractivity contribution in [1.29, 1.82) is 0 Å². The van der Waals surface area contributed by atoms with Gasteiger partial charge >= 0.3 is 5.97 Å². The number of aryl methyl sites for hydroxylation is 1. The maximum atomic E-state index is 12.7. The van der Waals surface area contributed by atoms with E-state index in [1.54, 1.807) is 18.2 Å². The van der Waals surface area contributed by atoms with E-state index in [4.69, 9.17) is 9.16 Å². The number of methoxy groups -OCH3 is 1. The van der Waals surface area contributed by atoms with Gasteiger partial charge in [-0.05, 0) is 55.4 Å². The van der Waals surface area contributed by atoms with Gasteiger partial charge < -0.3 is 9.16 Å². The van der Waals surface area contributed by atoms with Crippen molar-refractivity contribution in [3.05, 3.63) is 53.6 Å². The SMILES string of the molecule is COC(=O)c1cc(O[Si](C)(C)C(C)(C)C)ccc1NS(=O)(=O)c1ccc(C)cc1. The number of hydrogen-bond donors (Lipinski definition) is 1. The van der Waals surface area contributed by atoms with Crippen LogP contribution in [0.2, 0.25) is 18.1 Å². The average molecular weight is 436 g/mol. The van der Waals surface area contributed by atoms with Crippen molar-refractivity contribution in [3.8, 4) is 5.75 Å². The van der Waals surface area contributed by atoms with Gasteiger partial charge in [-0.1, -0.05) is 38.5 Å². The number of esters is 1. The second-order valence-corrected chi connectivity index (χ2v) is 14.9. The number of nitrogens with one attached hydrogen (secondary N) is 1. The highest BCUT2D eigenvalue weighted by atomic mass is 32.2. The molecule has 0 aliphatic heterocycles. The average Bonchev–Trinajstić information content (AvgIpc) is 2.61. The van der Waals surface area contributed by atoms with Gasteiger partial charge in [0.15, 0.2) is 0 Å². The summed E-state index contributed by atoms with van der Waals surface area (Å²) in [7, 11) is -4.73. The molecule has 0 unspecified atom stereocenters. The van der Waals surface area contributed by atoms with Crippen molar-refractivity contribution < 1.29 is 22.4 Å². The minimum absolute atomic E-state index is 0.0237. The Morgan fingerprint density at radius 2 is 1.62 bits per heavy atom. The molecule has 0 amide bonds. The van der Waals surface area contributed by atoms with Gasteiger partial charge in [-0.2, -0.15) is 0 Å². The fourth-order valence-electron chi connectivity index (χ4n) is 2.32. The number of sulfonamides is 1. The van der Waals surface area contributed by atoms with E-state index >= 15 is 0 Å². The Kier molecular flexibility index (Phi) is 6.49. The van der Waals surface area contributed by atoms with Crippen molar-refractivity contribution in [1.82, 2.24) is 0 Å². The summed E-state index contributed by atoms with van der Waals surface area (Å²) in [6.07, 6.45) is 0. The minimum Gasteiger partial charge on any atom is -0.543 e. The Morgan fingerprint density at radius 3 is 2.14 bits per heavy atom. The predicted octanol–water partition coefficient (Wildman–Crippen LogP) is 4.97. The summed E-state index contributed by atoms with van der Waals surface area (Å²) in [6.45, 7) is 12.4. The molecule has 0 aliphatic carbocycles.